The van der Waals surface area contributed by atoms with E-state index in [9.17, 15) is 27.3 Å². The average molecular weight is 519 g/mol. The lowest BCUT2D eigenvalue weighted by atomic mass is 9.87. The third kappa shape index (κ3) is 4.83. The fraction of sp³-hybridized carbons (Fsp3) is 0.375. The van der Waals surface area contributed by atoms with Gasteiger partial charge in [0.05, 0.1) is 42.0 Å². The predicted octanol–water partition coefficient (Wildman–Crippen LogP) is 3.28. The molecule has 2 aromatic heterocycles. The Hall–Kier alpha value is -3.72. The highest BCUT2D eigenvalue weighted by molar-refractivity contribution is 7.91. The van der Waals surface area contributed by atoms with Gasteiger partial charge in [0.2, 0.25) is 0 Å². The second-order valence-electron chi connectivity index (χ2n) is 8.90. The van der Waals surface area contributed by atoms with Gasteiger partial charge in [0.1, 0.15) is 22.7 Å². The number of nitriles is 1. The molecule has 1 aromatic carbocycles. The third-order valence-corrected chi connectivity index (χ3v) is 7.77. The van der Waals surface area contributed by atoms with E-state index in [4.69, 9.17) is 9.47 Å². The van der Waals surface area contributed by atoms with E-state index in [-0.39, 0.29) is 35.9 Å². The second-order valence-corrected chi connectivity index (χ2v) is 11.2. The number of hydrogen-bond donors (Lipinski definition) is 0. The zero-order chi connectivity index (χ0) is 26.3. The number of fused-ring (bicyclic) bond motifs is 1. The van der Waals surface area contributed by atoms with E-state index in [0.717, 1.165) is 5.56 Å². The molecular formula is C24H24F2N4O5S. The van der Waals surface area contributed by atoms with Crippen molar-refractivity contribution >= 4 is 21.4 Å². The first-order chi connectivity index (χ1) is 17.0. The minimum Gasteiger partial charge on any atom is -0.496 e. The van der Waals surface area contributed by atoms with Gasteiger partial charge in [0.25, 0.3) is 5.91 Å². The Bertz CT molecular complexity index is 1460. The van der Waals surface area contributed by atoms with Crippen LogP contribution in [-0.4, -0.2) is 66.9 Å². The predicted molar refractivity (Wildman–Crippen MR) is 127 cm³/mol. The van der Waals surface area contributed by atoms with Crippen LogP contribution in [0, 0.1) is 11.3 Å². The number of sulfone groups is 1. The number of ether oxygens (including phenoxy) is 2. The standard InChI is InChI=1S/C24H24F2N4O5S/c1-24(2,14-27)16-4-5-30-17(13-28-20(30)12-16)15-10-18(34-3)21(19(11-15)35-23(25)26)22(31)29-6-8-36(32,33)9-7-29/h4-5,10-13,23H,6-9H2,1-3H3. The number of benzene rings is 1. The Morgan fingerprint density at radius 3 is 2.47 bits per heavy atom. The van der Waals surface area contributed by atoms with Crippen molar-refractivity contribution in [2.75, 3.05) is 31.7 Å². The van der Waals surface area contributed by atoms with E-state index in [1.165, 1.54) is 30.3 Å². The van der Waals surface area contributed by atoms with Crippen molar-refractivity contribution in [1.29, 1.82) is 5.26 Å². The highest BCUT2D eigenvalue weighted by atomic mass is 32.2. The van der Waals surface area contributed by atoms with Crippen molar-refractivity contribution in [1.82, 2.24) is 14.3 Å². The van der Waals surface area contributed by atoms with Crippen LogP contribution in [0.1, 0.15) is 29.8 Å². The molecule has 0 unspecified atom stereocenters. The summed E-state index contributed by atoms with van der Waals surface area (Å²) in [5.74, 6) is -1.48. The monoisotopic (exact) mass is 518 g/mol. The molecule has 0 spiro atoms. The van der Waals surface area contributed by atoms with Gasteiger partial charge in [-0.15, -0.1) is 0 Å². The summed E-state index contributed by atoms with van der Waals surface area (Å²) in [6.07, 6.45) is 3.26. The molecule has 0 saturated carbocycles. The molecule has 3 heterocycles. The van der Waals surface area contributed by atoms with Crippen LogP contribution in [0.25, 0.3) is 16.9 Å². The molecule has 3 aromatic rings. The fourth-order valence-corrected chi connectivity index (χ4v) is 5.22. The molecule has 0 radical (unpaired) electrons. The minimum absolute atomic E-state index is 0.00114. The van der Waals surface area contributed by atoms with E-state index in [1.807, 2.05) is 0 Å². The topological polar surface area (TPSA) is 114 Å². The zero-order valence-corrected chi connectivity index (χ0v) is 20.7. The van der Waals surface area contributed by atoms with E-state index < -0.39 is 33.5 Å². The summed E-state index contributed by atoms with van der Waals surface area (Å²) in [7, 11) is -1.95. The Morgan fingerprint density at radius 1 is 1.19 bits per heavy atom. The first-order valence-corrected chi connectivity index (χ1v) is 12.8. The first kappa shape index (κ1) is 25.4. The summed E-state index contributed by atoms with van der Waals surface area (Å²) in [5.41, 5.74) is 1.28. The normalized spacial score (nSPS) is 15.6. The minimum atomic E-state index is -3.25. The van der Waals surface area contributed by atoms with Crippen molar-refractivity contribution < 1.29 is 31.5 Å². The number of aromatic nitrogens is 2. The largest absolute Gasteiger partial charge is 0.496 e. The number of alkyl halides is 2. The Labute approximate surface area is 206 Å². The molecule has 1 amide bonds. The Balaban J connectivity index is 1.80. The summed E-state index contributed by atoms with van der Waals surface area (Å²) >= 11 is 0. The molecule has 1 aliphatic rings. The van der Waals surface area contributed by atoms with Crippen molar-refractivity contribution in [2.45, 2.75) is 25.9 Å². The number of carbonyl (C=O) groups is 1. The van der Waals surface area contributed by atoms with Gasteiger partial charge in [-0.3, -0.25) is 9.20 Å². The number of nitrogens with zero attached hydrogens (tertiary/aromatic N) is 4. The Kier molecular flexibility index (Phi) is 6.62. The number of halogens is 2. The molecule has 36 heavy (non-hydrogen) atoms. The van der Waals surface area contributed by atoms with E-state index in [1.54, 1.807) is 36.6 Å². The number of imidazole rings is 1. The molecule has 190 valence electrons. The van der Waals surface area contributed by atoms with E-state index >= 15 is 0 Å². The molecule has 0 bridgehead atoms. The molecular weight excluding hydrogens is 494 g/mol. The maximum absolute atomic E-state index is 13.3. The SMILES string of the molecule is COc1cc(-c2cnc3cc(C(C)(C)C#N)ccn23)cc(OC(F)F)c1C(=O)N1CCS(=O)(=O)CC1. The zero-order valence-electron chi connectivity index (χ0n) is 19.9. The maximum Gasteiger partial charge on any atom is 0.387 e. The van der Waals surface area contributed by atoms with Gasteiger partial charge in [-0.05, 0) is 43.7 Å². The number of hydrogen-bond acceptors (Lipinski definition) is 7. The molecule has 1 aliphatic heterocycles. The van der Waals surface area contributed by atoms with Crippen LogP contribution in [0.3, 0.4) is 0 Å². The summed E-state index contributed by atoms with van der Waals surface area (Å²) < 4.78 is 62.0. The second kappa shape index (κ2) is 9.39. The summed E-state index contributed by atoms with van der Waals surface area (Å²) in [5, 5.41) is 9.43. The smallest absolute Gasteiger partial charge is 0.387 e. The molecule has 1 saturated heterocycles. The fourth-order valence-electron chi connectivity index (χ4n) is 4.02. The van der Waals surface area contributed by atoms with E-state index in [0.29, 0.717) is 16.9 Å². The van der Waals surface area contributed by atoms with Crippen LogP contribution in [0.5, 0.6) is 11.5 Å². The van der Waals surface area contributed by atoms with E-state index in [2.05, 4.69) is 11.1 Å². The molecule has 1 fully saturated rings. The van der Waals surface area contributed by atoms with Crippen LogP contribution < -0.4 is 9.47 Å². The quantitative estimate of drug-likeness (QED) is 0.492. The van der Waals surface area contributed by atoms with Gasteiger partial charge < -0.3 is 14.4 Å². The molecule has 0 aliphatic carbocycles. The lowest BCUT2D eigenvalue weighted by molar-refractivity contribution is -0.0503. The van der Waals surface area contributed by atoms with Crippen molar-refractivity contribution in [2.24, 2.45) is 0 Å². The van der Waals surface area contributed by atoms with Crippen molar-refractivity contribution in [3.63, 3.8) is 0 Å². The van der Waals surface area contributed by atoms with Gasteiger partial charge in [0.15, 0.2) is 9.84 Å². The summed E-state index contributed by atoms with van der Waals surface area (Å²) in [6.45, 7) is 0.240. The molecule has 4 rings (SSSR count). The van der Waals surface area contributed by atoms with Gasteiger partial charge in [0, 0.05) is 24.8 Å². The summed E-state index contributed by atoms with van der Waals surface area (Å²) in [6, 6.07) is 8.60. The maximum atomic E-state index is 13.3. The van der Waals surface area contributed by atoms with Crippen molar-refractivity contribution in [3.8, 4) is 28.8 Å². The average Bonchev–Trinajstić information content (AvgIpc) is 3.26. The Morgan fingerprint density at radius 2 is 1.86 bits per heavy atom. The molecule has 0 atom stereocenters. The van der Waals surface area contributed by atoms with Crippen LogP contribution in [0.2, 0.25) is 0 Å². The lowest BCUT2D eigenvalue weighted by Gasteiger charge is -2.28. The van der Waals surface area contributed by atoms with Gasteiger partial charge >= 0.3 is 6.61 Å². The van der Waals surface area contributed by atoms with Crippen LogP contribution >= 0.6 is 0 Å². The van der Waals surface area contributed by atoms with Gasteiger partial charge in [-0.25, -0.2) is 13.4 Å². The lowest BCUT2D eigenvalue weighted by Crippen LogP contribution is -2.44. The number of rotatable bonds is 6. The molecule has 9 nitrogen and oxygen atoms in total. The number of carbonyl (C=O) groups excluding carboxylic acids is 1. The van der Waals surface area contributed by atoms with Crippen LogP contribution in [0.15, 0.2) is 36.7 Å². The summed E-state index contributed by atoms with van der Waals surface area (Å²) in [4.78, 5) is 18.9. The number of pyridine rings is 1. The highest BCUT2D eigenvalue weighted by Crippen LogP contribution is 2.37. The highest BCUT2D eigenvalue weighted by Gasteiger charge is 2.31. The first-order valence-electron chi connectivity index (χ1n) is 11.0. The van der Waals surface area contributed by atoms with Crippen LogP contribution in [0.4, 0.5) is 8.78 Å². The van der Waals surface area contributed by atoms with Gasteiger partial charge in [-0.2, -0.15) is 14.0 Å². The third-order valence-electron chi connectivity index (χ3n) is 6.16. The number of methoxy groups -OCH3 is 1. The van der Waals surface area contributed by atoms with Crippen molar-refractivity contribution in [3.05, 3.63) is 47.8 Å². The molecule has 12 heteroatoms. The van der Waals surface area contributed by atoms with Gasteiger partial charge in [-0.1, -0.05) is 0 Å². The van der Waals surface area contributed by atoms with Crippen LogP contribution in [-0.2, 0) is 15.3 Å². The number of amides is 1. The molecule has 0 N–H and O–H groups in total.